The zero-order valence-corrected chi connectivity index (χ0v) is 14.1. The van der Waals surface area contributed by atoms with Gasteiger partial charge in [0, 0.05) is 18.9 Å². The van der Waals surface area contributed by atoms with Gasteiger partial charge in [0.05, 0.1) is 16.2 Å². The summed E-state index contributed by atoms with van der Waals surface area (Å²) in [7, 11) is -2.30. The summed E-state index contributed by atoms with van der Waals surface area (Å²) in [6, 6.07) is 9.04. The van der Waals surface area contributed by atoms with E-state index in [-0.39, 0.29) is 16.2 Å². The Morgan fingerprint density at radius 2 is 1.88 bits per heavy atom. The molecule has 25 heavy (non-hydrogen) atoms. The van der Waals surface area contributed by atoms with Crippen LogP contribution in [-0.2, 0) is 16.6 Å². The third-order valence-electron chi connectivity index (χ3n) is 3.63. The Balaban J connectivity index is 2.21. The quantitative estimate of drug-likeness (QED) is 0.708. The zero-order chi connectivity index (χ0) is 18.0. The van der Waals surface area contributed by atoms with E-state index in [4.69, 9.17) is 0 Å². The number of benzene rings is 1. The molecule has 1 N–H and O–H groups in total. The summed E-state index contributed by atoms with van der Waals surface area (Å²) in [5, 5.41) is 2.92. The average molecular weight is 363 g/mol. The van der Waals surface area contributed by atoms with Crippen LogP contribution in [-0.4, -0.2) is 24.4 Å². The molecule has 0 bridgehead atoms. The number of pyridine rings is 1. The highest BCUT2D eigenvalue weighted by molar-refractivity contribution is 7.90. The maximum Gasteiger partial charge on any atom is 0.268 e. The molecular weight excluding hydrogens is 348 g/mol. The summed E-state index contributed by atoms with van der Waals surface area (Å²) >= 11 is 0. The second-order valence-electron chi connectivity index (χ2n) is 5.36. The van der Waals surface area contributed by atoms with E-state index in [1.165, 1.54) is 36.7 Å². The molecule has 0 saturated carbocycles. The first-order chi connectivity index (χ1) is 11.9. The monoisotopic (exact) mass is 363 g/mol. The molecule has 1 aromatic carbocycles. The Kier molecular flexibility index (Phi) is 4.65. The lowest BCUT2D eigenvalue weighted by molar-refractivity contribution is 0.582. The number of hydrogen-bond donors (Lipinski definition) is 1. The van der Waals surface area contributed by atoms with Crippen molar-refractivity contribution in [3.63, 3.8) is 0 Å². The molecule has 0 amide bonds. The minimum Gasteiger partial charge on any atom is -0.316 e. The van der Waals surface area contributed by atoms with Gasteiger partial charge in [0.2, 0.25) is 5.95 Å². The Bertz CT molecular complexity index is 999. The largest absolute Gasteiger partial charge is 0.316 e. The third kappa shape index (κ3) is 3.31. The van der Waals surface area contributed by atoms with Crippen LogP contribution in [0.3, 0.4) is 0 Å². The van der Waals surface area contributed by atoms with E-state index in [2.05, 4.69) is 10.3 Å². The molecule has 0 radical (unpaired) electrons. The van der Waals surface area contributed by atoms with Crippen molar-refractivity contribution < 1.29 is 17.2 Å². The summed E-state index contributed by atoms with van der Waals surface area (Å²) in [5.41, 5.74) is 0.877. The number of nitrogens with one attached hydrogen (secondary N) is 1. The predicted octanol–water partition coefficient (Wildman–Crippen LogP) is 2.78. The number of halogens is 2. The van der Waals surface area contributed by atoms with Gasteiger partial charge in [0.15, 0.2) is 0 Å². The highest BCUT2D eigenvalue weighted by atomic mass is 32.2. The first-order valence-electron chi connectivity index (χ1n) is 7.41. The highest BCUT2D eigenvalue weighted by Gasteiger charge is 2.23. The van der Waals surface area contributed by atoms with Crippen molar-refractivity contribution in [3.8, 4) is 11.3 Å². The SMILES string of the molecule is CNCc1cc(-c2cccnc2F)n(S(=O)(=O)c2ccc(F)cc2)c1. The van der Waals surface area contributed by atoms with Crippen LogP contribution in [0.4, 0.5) is 8.78 Å². The summed E-state index contributed by atoms with van der Waals surface area (Å²) in [4.78, 5) is 3.49. The van der Waals surface area contributed by atoms with Gasteiger partial charge in [0.25, 0.3) is 10.0 Å². The molecule has 0 aliphatic rings. The molecule has 0 fully saturated rings. The topological polar surface area (TPSA) is 64.0 Å². The van der Waals surface area contributed by atoms with Gasteiger partial charge in [-0.25, -0.2) is 21.8 Å². The van der Waals surface area contributed by atoms with Crippen LogP contribution in [0, 0.1) is 11.8 Å². The van der Waals surface area contributed by atoms with E-state index in [0.717, 1.165) is 16.1 Å². The van der Waals surface area contributed by atoms with E-state index >= 15 is 0 Å². The van der Waals surface area contributed by atoms with Crippen molar-refractivity contribution in [2.45, 2.75) is 11.4 Å². The zero-order valence-electron chi connectivity index (χ0n) is 13.3. The highest BCUT2D eigenvalue weighted by Crippen LogP contribution is 2.28. The van der Waals surface area contributed by atoms with Crippen molar-refractivity contribution in [3.05, 3.63) is 72.2 Å². The van der Waals surface area contributed by atoms with Gasteiger partial charge < -0.3 is 5.32 Å². The molecule has 0 atom stereocenters. The van der Waals surface area contributed by atoms with Crippen molar-refractivity contribution in [1.82, 2.24) is 14.3 Å². The summed E-state index contributed by atoms with van der Waals surface area (Å²) in [6.45, 7) is 0.404. The van der Waals surface area contributed by atoms with Crippen molar-refractivity contribution in [2.75, 3.05) is 7.05 Å². The van der Waals surface area contributed by atoms with Gasteiger partial charge >= 0.3 is 0 Å². The second kappa shape index (κ2) is 6.73. The van der Waals surface area contributed by atoms with E-state index in [0.29, 0.717) is 12.1 Å². The molecule has 3 aromatic rings. The molecule has 0 spiro atoms. The number of aromatic nitrogens is 2. The van der Waals surface area contributed by atoms with Crippen molar-refractivity contribution in [2.24, 2.45) is 0 Å². The average Bonchev–Trinajstić information content (AvgIpc) is 3.00. The molecule has 2 heterocycles. The maximum atomic E-state index is 14.1. The first kappa shape index (κ1) is 17.2. The molecule has 0 aliphatic carbocycles. The fourth-order valence-electron chi connectivity index (χ4n) is 2.49. The van der Waals surface area contributed by atoms with Gasteiger partial charge in [-0.05, 0) is 55.1 Å². The van der Waals surface area contributed by atoms with E-state index in [1.807, 2.05) is 0 Å². The predicted molar refractivity (Wildman–Crippen MR) is 89.4 cm³/mol. The fraction of sp³-hybridized carbons (Fsp3) is 0.118. The fourth-order valence-corrected chi connectivity index (χ4v) is 3.88. The minimum atomic E-state index is -4.02. The summed E-state index contributed by atoms with van der Waals surface area (Å²) in [6.07, 6.45) is 2.70. The van der Waals surface area contributed by atoms with Gasteiger partial charge in [-0.2, -0.15) is 4.39 Å². The van der Waals surface area contributed by atoms with Crippen molar-refractivity contribution >= 4 is 10.0 Å². The molecule has 8 heteroatoms. The molecule has 5 nitrogen and oxygen atoms in total. The number of nitrogens with zero attached hydrogens (tertiary/aromatic N) is 2. The van der Waals surface area contributed by atoms with Crippen LogP contribution in [0.15, 0.2) is 59.8 Å². The van der Waals surface area contributed by atoms with Crippen LogP contribution in [0.2, 0.25) is 0 Å². The molecule has 2 aromatic heterocycles. The first-order valence-corrected chi connectivity index (χ1v) is 8.85. The Labute approximate surface area is 144 Å². The minimum absolute atomic E-state index is 0.0653. The number of rotatable bonds is 5. The third-order valence-corrected chi connectivity index (χ3v) is 5.32. The van der Waals surface area contributed by atoms with Crippen LogP contribution >= 0.6 is 0 Å². The smallest absolute Gasteiger partial charge is 0.268 e. The van der Waals surface area contributed by atoms with E-state index in [1.54, 1.807) is 13.1 Å². The molecule has 130 valence electrons. The van der Waals surface area contributed by atoms with Gasteiger partial charge in [-0.15, -0.1) is 0 Å². The molecular formula is C17H15F2N3O2S. The van der Waals surface area contributed by atoms with Crippen LogP contribution < -0.4 is 5.32 Å². The maximum absolute atomic E-state index is 14.1. The summed E-state index contributed by atoms with van der Waals surface area (Å²) < 4.78 is 54.1. The van der Waals surface area contributed by atoms with Gasteiger partial charge in [0.1, 0.15) is 5.82 Å². The van der Waals surface area contributed by atoms with E-state index in [9.17, 15) is 17.2 Å². The van der Waals surface area contributed by atoms with Crippen LogP contribution in [0.5, 0.6) is 0 Å². The normalized spacial score (nSPS) is 11.6. The lowest BCUT2D eigenvalue weighted by Crippen LogP contribution is -2.14. The molecule has 3 rings (SSSR count). The lowest BCUT2D eigenvalue weighted by Gasteiger charge is -2.11. The van der Waals surface area contributed by atoms with Gasteiger partial charge in [-0.1, -0.05) is 0 Å². The van der Waals surface area contributed by atoms with Crippen LogP contribution in [0.1, 0.15) is 5.56 Å². The lowest BCUT2D eigenvalue weighted by atomic mass is 10.2. The second-order valence-corrected chi connectivity index (χ2v) is 7.18. The molecule has 0 aliphatic heterocycles. The Morgan fingerprint density at radius 1 is 1.16 bits per heavy atom. The number of hydrogen-bond acceptors (Lipinski definition) is 4. The van der Waals surface area contributed by atoms with Gasteiger partial charge in [-0.3, -0.25) is 0 Å². The summed E-state index contributed by atoms with van der Waals surface area (Å²) in [5.74, 6) is -1.31. The Morgan fingerprint density at radius 3 is 2.52 bits per heavy atom. The standard InChI is InChI=1S/C17H15F2N3O2S/c1-20-10-12-9-16(15-3-2-8-21-17(15)19)22(11-12)25(23,24)14-6-4-13(18)5-7-14/h2-9,11,20H,10H2,1H3. The molecule has 0 unspecified atom stereocenters. The van der Waals surface area contributed by atoms with E-state index < -0.39 is 21.8 Å². The molecule has 0 saturated heterocycles. The Hall–Kier alpha value is -2.58. The van der Waals surface area contributed by atoms with Crippen LogP contribution in [0.25, 0.3) is 11.3 Å². The van der Waals surface area contributed by atoms with Crippen molar-refractivity contribution in [1.29, 1.82) is 0 Å².